The Morgan fingerprint density at radius 3 is 1.93 bits per heavy atom. The van der Waals surface area contributed by atoms with Crippen molar-refractivity contribution >= 4 is 93.0 Å². The number of carbonyl (C=O) groups is 3. The number of benzene rings is 1. The van der Waals surface area contributed by atoms with E-state index in [1.54, 1.807) is 0 Å². The van der Waals surface area contributed by atoms with E-state index in [1.165, 1.54) is 12.1 Å². The van der Waals surface area contributed by atoms with Crippen LogP contribution in [0.2, 0.25) is 0 Å². The van der Waals surface area contributed by atoms with Gasteiger partial charge in [0.15, 0.2) is 4.33 Å². The number of hydrogen-bond donors (Lipinski definition) is 1. The molecule has 158 valence electrons. The van der Waals surface area contributed by atoms with E-state index in [1.807, 2.05) is 0 Å². The number of nitro groups is 1. The van der Waals surface area contributed by atoms with E-state index in [2.05, 4.69) is 5.43 Å². The fourth-order valence-electron chi connectivity index (χ4n) is 4.09. The van der Waals surface area contributed by atoms with Crippen molar-refractivity contribution in [1.29, 1.82) is 0 Å². The topological polar surface area (TPSA) is 110 Å². The van der Waals surface area contributed by atoms with Crippen LogP contribution in [0.15, 0.2) is 34.3 Å². The number of nitrogens with one attached hydrogen (secondary N) is 1. The summed E-state index contributed by atoms with van der Waals surface area (Å²) in [5.41, 5.74) is 1.17. The standard InChI is InChI=1S/C16H7Cl6N3O5/c17-9-10(18)15(20)8-7(14(9,19)16(15,21)22)12(27)24(13(8)28)23-11(26)5-3-1-2-4-6(5)25(29)30/h1-4,7-8H,(H,23,26)/t7-,8-,14+,15+/m0/s1. The van der Waals surface area contributed by atoms with Crippen molar-refractivity contribution in [3.05, 3.63) is 50.0 Å². The minimum atomic E-state index is -2.10. The molecule has 3 aliphatic rings. The number of halogens is 6. The van der Waals surface area contributed by atoms with Gasteiger partial charge in [0, 0.05) is 6.07 Å². The Balaban J connectivity index is 1.73. The van der Waals surface area contributed by atoms with Crippen molar-refractivity contribution in [2.75, 3.05) is 0 Å². The largest absolute Gasteiger partial charge is 0.282 e. The van der Waals surface area contributed by atoms with Crippen LogP contribution in [-0.2, 0) is 9.59 Å². The molecule has 2 bridgehead atoms. The van der Waals surface area contributed by atoms with Crippen molar-refractivity contribution in [2.24, 2.45) is 11.8 Å². The number of rotatable bonds is 3. The summed E-state index contributed by atoms with van der Waals surface area (Å²) in [6, 6.07) is 4.99. The highest BCUT2D eigenvalue weighted by Crippen LogP contribution is 2.77. The molecule has 1 saturated heterocycles. The Labute approximate surface area is 198 Å². The fraction of sp³-hybridized carbons (Fsp3) is 0.312. The van der Waals surface area contributed by atoms with Gasteiger partial charge >= 0.3 is 0 Å². The molecule has 0 unspecified atom stereocenters. The van der Waals surface area contributed by atoms with E-state index in [9.17, 15) is 24.5 Å². The molecule has 0 radical (unpaired) electrons. The van der Waals surface area contributed by atoms with Gasteiger partial charge in [-0.3, -0.25) is 29.9 Å². The van der Waals surface area contributed by atoms with Crippen molar-refractivity contribution in [1.82, 2.24) is 10.4 Å². The zero-order chi connectivity index (χ0) is 22.4. The minimum Gasteiger partial charge on any atom is -0.272 e. The molecular formula is C16H7Cl6N3O5. The lowest BCUT2D eigenvalue weighted by molar-refractivity contribution is -0.385. The lowest BCUT2D eigenvalue weighted by Crippen LogP contribution is -2.54. The van der Waals surface area contributed by atoms with Crippen LogP contribution in [0.5, 0.6) is 0 Å². The highest BCUT2D eigenvalue weighted by atomic mass is 35.5. The summed E-state index contributed by atoms with van der Waals surface area (Å²) in [4.78, 5) is 45.0. The third-order valence-electron chi connectivity index (χ3n) is 5.47. The number of hydrogen-bond acceptors (Lipinski definition) is 5. The van der Waals surface area contributed by atoms with Crippen LogP contribution in [0, 0.1) is 22.0 Å². The summed E-state index contributed by atoms with van der Waals surface area (Å²) in [6.07, 6.45) is 0. The molecule has 4 atom stereocenters. The lowest BCUT2D eigenvalue weighted by atomic mass is 9.84. The molecule has 14 heteroatoms. The first-order valence-electron chi connectivity index (χ1n) is 8.07. The van der Waals surface area contributed by atoms with Crippen LogP contribution in [0.3, 0.4) is 0 Å². The lowest BCUT2D eigenvalue weighted by Gasteiger charge is -2.34. The van der Waals surface area contributed by atoms with Gasteiger partial charge in [0.2, 0.25) is 0 Å². The number of fused-ring (bicyclic) bond motifs is 5. The average Bonchev–Trinajstić information content (AvgIpc) is 3.06. The molecule has 1 aliphatic heterocycles. The van der Waals surface area contributed by atoms with Crippen molar-refractivity contribution in [2.45, 2.75) is 14.1 Å². The molecular weight excluding hydrogens is 527 g/mol. The molecule has 1 N–H and O–H groups in total. The maximum absolute atomic E-state index is 13.0. The molecule has 1 heterocycles. The summed E-state index contributed by atoms with van der Waals surface area (Å²) < 4.78 is -2.10. The Bertz CT molecular complexity index is 1050. The summed E-state index contributed by atoms with van der Waals surface area (Å²) in [5.74, 6) is -5.90. The predicted octanol–water partition coefficient (Wildman–Crippen LogP) is 3.69. The van der Waals surface area contributed by atoms with Crippen LogP contribution < -0.4 is 5.43 Å². The van der Waals surface area contributed by atoms with Gasteiger partial charge in [-0.2, -0.15) is 5.01 Å². The Morgan fingerprint density at radius 1 is 1.00 bits per heavy atom. The minimum absolute atomic E-state index is 0.278. The smallest absolute Gasteiger partial charge is 0.272 e. The van der Waals surface area contributed by atoms with Crippen LogP contribution >= 0.6 is 69.6 Å². The molecule has 1 aromatic carbocycles. The highest BCUT2D eigenvalue weighted by molar-refractivity contribution is 6.66. The van der Waals surface area contributed by atoms with Gasteiger partial charge in [-0.25, -0.2) is 0 Å². The number of imide groups is 1. The molecule has 0 aromatic heterocycles. The van der Waals surface area contributed by atoms with Gasteiger partial charge in [-0.15, -0.1) is 23.2 Å². The van der Waals surface area contributed by atoms with Crippen LogP contribution in [-0.4, -0.2) is 41.7 Å². The second-order valence-electron chi connectivity index (χ2n) is 6.81. The van der Waals surface area contributed by atoms with Crippen LogP contribution in [0.1, 0.15) is 10.4 Å². The molecule has 2 aliphatic carbocycles. The van der Waals surface area contributed by atoms with Gasteiger partial charge < -0.3 is 0 Å². The normalized spacial score (nSPS) is 33.9. The Hall–Kier alpha value is -1.29. The highest BCUT2D eigenvalue weighted by Gasteiger charge is 2.87. The van der Waals surface area contributed by atoms with Gasteiger partial charge in [0.1, 0.15) is 15.3 Å². The Morgan fingerprint density at radius 2 is 1.47 bits per heavy atom. The summed E-state index contributed by atoms with van der Waals surface area (Å²) in [6.45, 7) is 0. The van der Waals surface area contributed by atoms with Gasteiger partial charge in [0.05, 0.1) is 26.8 Å². The molecule has 0 spiro atoms. The fourth-order valence-corrected chi connectivity index (χ4v) is 7.02. The second kappa shape index (κ2) is 6.60. The molecule has 3 amide bonds. The van der Waals surface area contributed by atoms with Gasteiger partial charge in [-0.1, -0.05) is 58.5 Å². The maximum atomic E-state index is 13.0. The predicted molar refractivity (Wildman–Crippen MR) is 110 cm³/mol. The number of nitrogens with zero attached hydrogens (tertiary/aromatic N) is 2. The first-order valence-corrected chi connectivity index (χ1v) is 10.3. The summed E-state index contributed by atoms with van der Waals surface area (Å²) in [5, 5.41) is 11.0. The number of carbonyl (C=O) groups excluding carboxylic acids is 3. The van der Waals surface area contributed by atoms with Crippen molar-refractivity contribution in [3.8, 4) is 0 Å². The molecule has 8 nitrogen and oxygen atoms in total. The third kappa shape index (κ3) is 2.29. The summed E-state index contributed by atoms with van der Waals surface area (Å²) >= 11 is 38.1. The van der Waals surface area contributed by atoms with E-state index >= 15 is 0 Å². The molecule has 1 aromatic rings. The molecule has 30 heavy (non-hydrogen) atoms. The second-order valence-corrected chi connectivity index (χ2v) is 10.1. The molecule has 2 fully saturated rings. The Kier molecular flexibility index (Phi) is 4.83. The zero-order valence-electron chi connectivity index (χ0n) is 14.2. The number of amides is 3. The van der Waals surface area contributed by atoms with Gasteiger partial charge in [0.25, 0.3) is 23.4 Å². The van der Waals surface area contributed by atoms with Crippen molar-refractivity contribution < 1.29 is 19.3 Å². The van der Waals surface area contributed by atoms with Crippen LogP contribution in [0.25, 0.3) is 0 Å². The van der Waals surface area contributed by atoms with E-state index < -0.39 is 54.2 Å². The number of nitro benzene ring substituents is 1. The van der Waals surface area contributed by atoms with Gasteiger partial charge in [-0.05, 0) is 6.07 Å². The maximum Gasteiger partial charge on any atom is 0.282 e. The van der Waals surface area contributed by atoms with E-state index in [4.69, 9.17) is 69.6 Å². The number of para-hydroxylation sites is 1. The van der Waals surface area contributed by atoms with E-state index in [0.29, 0.717) is 5.01 Å². The quantitative estimate of drug-likeness (QED) is 0.276. The first-order chi connectivity index (χ1) is 13.8. The average molecular weight is 534 g/mol. The number of allylic oxidation sites excluding steroid dienone is 2. The molecule has 1 saturated carbocycles. The molecule has 4 rings (SSSR count). The van der Waals surface area contributed by atoms with E-state index in [-0.39, 0.29) is 15.6 Å². The SMILES string of the molecule is O=C(NN1C(=O)[C@@H]2[C@@H](C1=O)[C@@]1(Cl)C(Cl)=C(Cl)[C@@]2(Cl)C1(Cl)Cl)c1ccccc1[N+](=O)[O-]. The zero-order valence-corrected chi connectivity index (χ0v) is 18.7. The first kappa shape index (κ1) is 21.9. The monoisotopic (exact) mass is 531 g/mol. The summed E-state index contributed by atoms with van der Waals surface area (Å²) in [7, 11) is 0. The number of alkyl halides is 4. The number of hydrazine groups is 1. The van der Waals surface area contributed by atoms with Crippen LogP contribution in [0.4, 0.5) is 5.69 Å². The third-order valence-corrected chi connectivity index (χ3v) is 9.73. The van der Waals surface area contributed by atoms with E-state index in [0.717, 1.165) is 12.1 Å². The van der Waals surface area contributed by atoms with Crippen molar-refractivity contribution in [3.63, 3.8) is 0 Å².